The summed E-state index contributed by atoms with van der Waals surface area (Å²) in [4.78, 5) is 32.5. The van der Waals surface area contributed by atoms with E-state index in [4.69, 9.17) is 0 Å². The van der Waals surface area contributed by atoms with E-state index in [1.165, 1.54) is 6.07 Å². The first kappa shape index (κ1) is 18.1. The lowest BCUT2D eigenvalue weighted by atomic mass is 9.86. The van der Waals surface area contributed by atoms with Gasteiger partial charge in [0.25, 0.3) is 5.69 Å². The van der Waals surface area contributed by atoms with E-state index in [1.54, 1.807) is 36.7 Å². The van der Waals surface area contributed by atoms with Crippen molar-refractivity contribution < 1.29 is 9.72 Å². The first-order valence-electron chi connectivity index (χ1n) is 8.68. The Bertz CT molecular complexity index is 1100. The molecular weight excluding hydrogens is 374 g/mol. The van der Waals surface area contributed by atoms with Gasteiger partial charge in [-0.2, -0.15) is 0 Å². The van der Waals surface area contributed by atoms with Crippen molar-refractivity contribution in [1.29, 1.82) is 0 Å². The molecule has 0 spiro atoms. The fourth-order valence-corrected chi connectivity index (χ4v) is 3.94. The molecule has 0 bridgehead atoms. The maximum atomic E-state index is 12.7. The van der Waals surface area contributed by atoms with E-state index in [0.29, 0.717) is 33.2 Å². The minimum atomic E-state index is -0.425. The van der Waals surface area contributed by atoms with Crippen LogP contribution in [0.25, 0.3) is 6.08 Å². The standard InChI is InChI=1S/C21H15N3O3S/c25-20-16(8-7-15-4-1-2-5-17(15)20)12-14-6-9-19(18(13-14)24(26)27)28-21-22-10-3-11-23-21/h1-6,9-13H,7-8H2. The predicted molar refractivity (Wildman–Crippen MR) is 106 cm³/mol. The summed E-state index contributed by atoms with van der Waals surface area (Å²) in [6.07, 6.45) is 6.34. The van der Waals surface area contributed by atoms with Crippen molar-refractivity contribution in [2.75, 3.05) is 0 Å². The average Bonchev–Trinajstić information content (AvgIpc) is 2.72. The van der Waals surface area contributed by atoms with Crippen LogP contribution in [0.2, 0.25) is 0 Å². The average molecular weight is 389 g/mol. The van der Waals surface area contributed by atoms with Crippen LogP contribution in [0, 0.1) is 10.1 Å². The third kappa shape index (κ3) is 3.70. The number of hydrogen-bond donors (Lipinski definition) is 0. The number of nitro benzene ring substituents is 1. The topological polar surface area (TPSA) is 86.0 Å². The Morgan fingerprint density at radius 2 is 1.82 bits per heavy atom. The number of nitro groups is 1. The number of Topliss-reactive ketones (excluding diaryl/α,β-unsaturated/α-hetero) is 1. The monoisotopic (exact) mass is 389 g/mol. The van der Waals surface area contributed by atoms with Crippen molar-refractivity contribution in [3.63, 3.8) is 0 Å². The fraction of sp³-hybridized carbons (Fsp3) is 0.0952. The minimum absolute atomic E-state index is 0.0133. The van der Waals surface area contributed by atoms with E-state index in [-0.39, 0.29) is 11.5 Å². The van der Waals surface area contributed by atoms with Crippen LogP contribution in [-0.4, -0.2) is 20.7 Å². The Kier molecular flexibility index (Phi) is 4.99. The normalized spacial score (nSPS) is 14.7. The van der Waals surface area contributed by atoms with E-state index in [0.717, 1.165) is 23.7 Å². The van der Waals surface area contributed by atoms with Gasteiger partial charge in [-0.3, -0.25) is 14.9 Å². The number of nitrogens with zero attached hydrogens (tertiary/aromatic N) is 3. The van der Waals surface area contributed by atoms with Crippen LogP contribution in [0.1, 0.15) is 27.9 Å². The fourth-order valence-electron chi connectivity index (χ4n) is 3.14. The zero-order chi connectivity index (χ0) is 19.5. The lowest BCUT2D eigenvalue weighted by Gasteiger charge is -2.17. The van der Waals surface area contributed by atoms with Gasteiger partial charge in [0.15, 0.2) is 10.9 Å². The second-order valence-electron chi connectivity index (χ2n) is 6.27. The molecule has 7 heteroatoms. The van der Waals surface area contributed by atoms with Gasteiger partial charge < -0.3 is 0 Å². The van der Waals surface area contributed by atoms with Crippen molar-refractivity contribution in [3.8, 4) is 0 Å². The Labute approximate surface area is 165 Å². The van der Waals surface area contributed by atoms with Gasteiger partial charge >= 0.3 is 0 Å². The number of ketones is 1. The number of carbonyl (C=O) groups is 1. The van der Waals surface area contributed by atoms with Gasteiger partial charge in [0.2, 0.25) is 0 Å². The maximum Gasteiger partial charge on any atom is 0.283 e. The Morgan fingerprint density at radius 3 is 2.61 bits per heavy atom. The molecule has 0 saturated heterocycles. The van der Waals surface area contributed by atoms with Gasteiger partial charge in [0.05, 0.1) is 9.82 Å². The number of allylic oxidation sites excluding steroid dienone is 1. The molecule has 0 aliphatic heterocycles. The highest BCUT2D eigenvalue weighted by Crippen LogP contribution is 2.34. The van der Waals surface area contributed by atoms with Crippen molar-refractivity contribution in [2.24, 2.45) is 0 Å². The number of fused-ring (bicyclic) bond motifs is 1. The third-order valence-electron chi connectivity index (χ3n) is 4.48. The number of benzene rings is 2. The van der Waals surface area contributed by atoms with E-state index in [1.807, 2.05) is 24.3 Å². The maximum absolute atomic E-state index is 12.7. The first-order chi connectivity index (χ1) is 13.6. The van der Waals surface area contributed by atoms with Crippen molar-refractivity contribution in [3.05, 3.63) is 93.3 Å². The van der Waals surface area contributed by atoms with Gasteiger partial charge in [-0.25, -0.2) is 9.97 Å². The zero-order valence-electron chi connectivity index (χ0n) is 14.7. The lowest BCUT2D eigenvalue weighted by Crippen LogP contribution is -2.13. The van der Waals surface area contributed by atoms with E-state index >= 15 is 0 Å². The van der Waals surface area contributed by atoms with Crippen LogP contribution in [0.5, 0.6) is 0 Å². The summed E-state index contributed by atoms with van der Waals surface area (Å²) in [7, 11) is 0. The Morgan fingerprint density at radius 1 is 1.04 bits per heavy atom. The third-order valence-corrected chi connectivity index (χ3v) is 5.44. The van der Waals surface area contributed by atoms with E-state index in [2.05, 4.69) is 9.97 Å². The van der Waals surface area contributed by atoms with E-state index in [9.17, 15) is 14.9 Å². The van der Waals surface area contributed by atoms with E-state index < -0.39 is 4.92 Å². The van der Waals surface area contributed by atoms with Gasteiger partial charge in [0.1, 0.15) is 0 Å². The molecule has 6 nitrogen and oxygen atoms in total. The van der Waals surface area contributed by atoms with Crippen LogP contribution in [0.4, 0.5) is 5.69 Å². The molecule has 0 amide bonds. The quantitative estimate of drug-likeness (QED) is 0.277. The molecule has 0 fully saturated rings. The summed E-state index contributed by atoms with van der Waals surface area (Å²) in [5, 5.41) is 12.0. The molecule has 138 valence electrons. The van der Waals surface area contributed by atoms with Crippen molar-refractivity contribution in [1.82, 2.24) is 9.97 Å². The SMILES string of the molecule is O=C1C(=Cc2ccc(Sc3ncccn3)c([N+](=O)[O-])c2)CCc2ccccc21. The second-order valence-corrected chi connectivity index (χ2v) is 7.28. The van der Waals surface area contributed by atoms with Crippen LogP contribution < -0.4 is 0 Å². The first-order valence-corrected chi connectivity index (χ1v) is 9.50. The predicted octanol–water partition coefficient (Wildman–Crippen LogP) is 4.75. The summed E-state index contributed by atoms with van der Waals surface area (Å²) in [6, 6.07) is 14.2. The van der Waals surface area contributed by atoms with Crippen LogP contribution in [-0.2, 0) is 6.42 Å². The van der Waals surface area contributed by atoms with Crippen LogP contribution >= 0.6 is 11.8 Å². The van der Waals surface area contributed by atoms with Gasteiger partial charge in [-0.15, -0.1) is 0 Å². The molecule has 28 heavy (non-hydrogen) atoms. The lowest BCUT2D eigenvalue weighted by molar-refractivity contribution is -0.387. The largest absolute Gasteiger partial charge is 0.289 e. The minimum Gasteiger partial charge on any atom is -0.289 e. The van der Waals surface area contributed by atoms with Crippen molar-refractivity contribution in [2.45, 2.75) is 22.9 Å². The highest BCUT2D eigenvalue weighted by atomic mass is 32.2. The summed E-state index contributed by atoms with van der Waals surface area (Å²) in [6.45, 7) is 0. The van der Waals surface area contributed by atoms with Gasteiger partial charge in [-0.05, 0) is 53.9 Å². The second kappa shape index (κ2) is 7.74. The molecule has 0 N–H and O–H groups in total. The highest BCUT2D eigenvalue weighted by molar-refractivity contribution is 7.99. The number of aryl methyl sites for hydroxylation is 1. The Balaban J connectivity index is 1.66. The summed E-state index contributed by atoms with van der Waals surface area (Å²) in [5.41, 5.74) is 3.02. The molecule has 1 heterocycles. The smallest absolute Gasteiger partial charge is 0.283 e. The van der Waals surface area contributed by atoms with Gasteiger partial charge in [-0.1, -0.05) is 30.3 Å². The number of carbonyl (C=O) groups excluding carboxylic acids is 1. The highest BCUT2D eigenvalue weighted by Gasteiger charge is 2.22. The molecular formula is C21H15N3O3S. The molecule has 0 atom stereocenters. The summed E-state index contributed by atoms with van der Waals surface area (Å²) >= 11 is 1.14. The molecule has 3 aromatic rings. The number of rotatable bonds is 4. The molecule has 4 rings (SSSR count). The zero-order valence-corrected chi connectivity index (χ0v) is 15.6. The molecule has 0 radical (unpaired) electrons. The summed E-state index contributed by atoms with van der Waals surface area (Å²) < 4.78 is 0. The number of aromatic nitrogens is 2. The number of hydrogen-bond acceptors (Lipinski definition) is 6. The molecule has 2 aromatic carbocycles. The Hall–Kier alpha value is -3.32. The molecule has 1 aromatic heterocycles. The molecule has 1 aliphatic carbocycles. The molecule has 0 unspecified atom stereocenters. The van der Waals surface area contributed by atoms with Crippen LogP contribution in [0.15, 0.2) is 76.5 Å². The molecule has 0 saturated carbocycles. The van der Waals surface area contributed by atoms with Crippen molar-refractivity contribution >= 4 is 29.3 Å². The van der Waals surface area contributed by atoms with Crippen LogP contribution in [0.3, 0.4) is 0 Å². The molecule has 1 aliphatic rings. The van der Waals surface area contributed by atoms with Gasteiger partial charge in [0, 0.05) is 29.6 Å². The summed E-state index contributed by atoms with van der Waals surface area (Å²) in [5.74, 6) is -0.0133.